The van der Waals surface area contributed by atoms with Crippen molar-refractivity contribution < 1.29 is 9.47 Å². The van der Waals surface area contributed by atoms with E-state index in [2.05, 4.69) is 6.92 Å². The van der Waals surface area contributed by atoms with Gasteiger partial charge in [-0.25, -0.2) is 0 Å². The Hall–Kier alpha value is -0.0800. The first kappa shape index (κ1) is 17.7. The lowest BCUT2D eigenvalue weighted by atomic mass is 9.68. The zero-order valence-corrected chi connectivity index (χ0v) is 15.3. The van der Waals surface area contributed by atoms with Gasteiger partial charge in [0.1, 0.15) is 0 Å². The van der Waals surface area contributed by atoms with Crippen molar-refractivity contribution in [1.29, 1.82) is 0 Å². The predicted octanol–water partition coefficient (Wildman–Crippen LogP) is 5.94. The van der Waals surface area contributed by atoms with E-state index >= 15 is 0 Å². The molecule has 134 valence electrons. The molecule has 2 heteroatoms. The summed E-state index contributed by atoms with van der Waals surface area (Å²) < 4.78 is 11.4. The lowest BCUT2D eigenvalue weighted by Gasteiger charge is -2.38. The molecule has 23 heavy (non-hydrogen) atoms. The molecule has 0 aromatic carbocycles. The average Bonchev–Trinajstić information content (AvgIpc) is 2.62. The van der Waals surface area contributed by atoms with Gasteiger partial charge in [-0.05, 0) is 68.6 Å². The second kappa shape index (κ2) is 9.42. The van der Waals surface area contributed by atoms with E-state index < -0.39 is 0 Å². The molecule has 0 aromatic rings. The molecule has 2 nitrogen and oxygen atoms in total. The van der Waals surface area contributed by atoms with Crippen LogP contribution in [-0.2, 0) is 9.47 Å². The molecule has 0 amide bonds. The number of hydrogen-bond donors (Lipinski definition) is 0. The normalized spacial score (nSPS) is 36.9. The highest BCUT2D eigenvalue weighted by molar-refractivity contribution is 4.82. The Balaban J connectivity index is 1.31. The first-order chi connectivity index (χ1) is 11.3. The topological polar surface area (TPSA) is 18.5 Å². The Labute approximate surface area is 143 Å². The second-order valence-corrected chi connectivity index (χ2v) is 8.45. The molecule has 1 heterocycles. The van der Waals surface area contributed by atoms with Crippen molar-refractivity contribution in [3.8, 4) is 0 Å². The van der Waals surface area contributed by atoms with Crippen LogP contribution in [-0.4, -0.2) is 19.5 Å². The summed E-state index contributed by atoms with van der Waals surface area (Å²) in [4.78, 5) is 0. The largest absolute Gasteiger partial charge is 0.353 e. The monoisotopic (exact) mass is 322 g/mol. The summed E-state index contributed by atoms with van der Waals surface area (Å²) in [5.74, 6) is 4.12. The zero-order chi connectivity index (χ0) is 15.9. The highest BCUT2D eigenvalue weighted by Gasteiger charge is 2.30. The van der Waals surface area contributed by atoms with E-state index in [-0.39, 0.29) is 6.29 Å². The van der Waals surface area contributed by atoms with Crippen LogP contribution in [0.4, 0.5) is 0 Å². The molecule has 0 spiro atoms. The number of hydrogen-bond acceptors (Lipinski definition) is 2. The van der Waals surface area contributed by atoms with E-state index in [1.165, 1.54) is 70.6 Å². The van der Waals surface area contributed by atoms with E-state index in [9.17, 15) is 0 Å². The molecular weight excluding hydrogens is 284 g/mol. The SMILES string of the molecule is CCC[C@H]1CC[C@H]([C@H]2CC[C@H](CCC3OCCCO3)CC2)CC1. The summed E-state index contributed by atoms with van der Waals surface area (Å²) in [6, 6.07) is 0. The third-order valence-corrected chi connectivity index (χ3v) is 6.85. The van der Waals surface area contributed by atoms with E-state index in [4.69, 9.17) is 9.47 Å². The highest BCUT2D eigenvalue weighted by Crippen LogP contribution is 2.43. The Morgan fingerprint density at radius 2 is 1.17 bits per heavy atom. The van der Waals surface area contributed by atoms with Gasteiger partial charge in [-0.3, -0.25) is 0 Å². The van der Waals surface area contributed by atoms with Gasteiger partial charge in [0, 0.05) is 0 Å². The molecule has 0 unspecified atom stereocenters. The summed E-state index contributed by atoms with van der Waals surface area (Å²) in [6.07, 6.45) is 18.5. The number of rotatable bonds is 6. The fourth-order valence-corrected chi connectivity index (χ4v) is 5.38. The van der Waals surface area contributed by atoms with Crippen LogP contribution < -0.4 is 0 Å². The van der Waals surface area contributed by atoms with Crippen LogP contribution in [0.2, 0.25) is 0 Å². The van der Waals surface area contributed by atoms with Gasteiger partial charge in [0.25, 0.3) is 0 Å². The van der Waals surface area contributed by atoms with Crippen LogP contribution in [0.5, 0.6) is 0 Å². The minimum Gasteiger partial charge on any atom is -0.353 e. The fraction of sp³-hybridized carbons (Fsp3) is 1.00. The molecule has 2 saturated carbocycles. The van der Waals surface area contributed by atoms with Gasteiger partial charge in [0.2, 0.25) is 0 Å². The van der Waals surface area contributed by atoms with Crippen molar-refractivity contribution in [2.24, 2.45) is 23.7 Å². The van der Waals surface area contributed by atoms with Crippen LogP contribution in [0.15, 0.2) is 0 Å². The van der Waals surface area contributed by atoms with Gasteiger partial charge in [-0.1, -0.05) is 45.4 Å². The maximum absolute atomic E-state index is 5.69. The number of ether oxygens (including phenoxy) is 2. The molecule has 1 saturated heterocycles. The van der Waals surface area contributed by atoms with E-state index in [1.54, 1.807) is 0 Å². The van der Waals surface area contributed by atoms with E-state index in [0.29, 0.717) is 0 Å². The Kier molecular flexibility index (Phi) is 7.26. The van der Waals surface area contributed by atoms with E-state index in [1.807, 2.05) is 0 Å². The molecular formula is C21H38O2. The molecule has 1 aliphatic heterocycles. The van der Waals surface area contributed by atoms with Gasteiger partial charge in [-0.2, -0.15) is 0 Å². The maximum atomic E-state index is 5.69. The summed E-state index contributed by atoms with van der Waals surface area (Å²) in [6.45, 7) is 4.15. The first-order valence-electron chi connectivity index (χ1n) is 10.6. The smallest absolute Gasteiger partial charge is 0.157 e. The molecule has 0 atom stereocenters. The summed E-state index contributed by atoms with van der Waals surface area (Å²) >= 11 is 0. The van der Waals surface area contributed by atoms with Crippen molar-refractivity contribution in [3.63, 3.8) is 0 Å². The van der Waals surface area contributed by atoms with Crippen LogP contribution in [0.3, 0.4) is 0 Å². The van der Waals surface area contributed by atoms with Crippen LogP contribution >= 0.6 is 0 Å². The minimum absolute atomic E-state index is 0.107. The van der Waals surface area contributed by atoms with Gasteiger partial charge in [-0.15, -0.1) is 0 Å². The molecule has 0 N–H and O–H groups in total. The molecule has 3 fully saturated rings. The van der Waals surface area contributed by atoms with Crippen LogP contribution in [0, 0.1) is 23.7 Å². The summed E-state index contributed by atoms with van der Waals surface area (Å²) in [7, 11) is 0. The maximum Gasteiger partial charge on any atom is 0.157 e. The quantitative estimate of drug-likeness (QED) is 0.602. The highest BCUT2D eigenvalue weighted by atomic mass is 16.7. The van der Waals surface area contributed by atoms with Gasteiger partial charge >= 0.3 is 0 Å². The van der Waals surface area contributed by atoms with Crippen LogP contribution in [0.25, 0.3) is 0 Å². The fourth-order valence-electron chi connectivity index (χ4n) is 5.38. The molecule has 2 aliphatic carbocycles. The molecule has 0 bridgehead atoms. The Bertz CT molecular complexity index is 308. The minimum atomic E-state index is 0.107. The third kappa shape index (κ3) is 5.46. The van der Waals surface area contributed by atoms with Crippen LogP contribution in [0.1, 0.15) is 90.4 Å². The van der Waals surface area contributed by atoms with Crippen molar-refractivity contribution in [2.75, 3.05) is 13.2 Å². The predicted molar refractivity (Wildman–Crippen MR) is 95.3 cm³/mol. The van der Waals surface area contributed by atoms with Gasteiger partial charge < -0.3 is 9.47 Å². The van der Waals surface area contributed by atoms with E-state index in [0.717, 1.165) is 49.7 Å². The summed E-state index contributed by atoms with van der Waals surface area (Å²) in [5, 5.41) is 0. The molecule has 0 radical (unpaired) electrons. The second-order valence-electron chi connectivity index (χ2n) is 8.45. The third-order valence-electron chi connectivity index (χ3n) is 6.85. The first-order valence-corrected chi connectivity index (χ1v) is 10.6. The average molecular weight is 323 g/mol. The van der Waals surface area contributed by atoms with Gasteiger partial charge in [0.15, 0.2) is 6.29 Å². The lowest BCUT2D eigenvalue weighted by Crippen LogP contribution is -2.28. The van der Waals surface area contributed by atoms with Gasteiger partial charge in [0.05, 0.1) is 13.2 Å². The van der Waals surface area contributed by atoms with Crippen molar-refractivity contribution in [3.05, 3.63) is 0 Å². The zero-order valence-electron chi connectivity index (χ0n) is 15.3. The molecule has 3 rings (SSSR count). The standard InChI is InChI=1S/C21H38O2/c1-2-4-17-5-10-19(11-6-17)20-12-7-18(8-13-20)9-14-21-22-15-3-16-23-21/h17-21H,2-16H2,1H3/t17-,18-,19-,20-. The molecule has 0 aromatic heterocycles. The Morgan fingerprint density at radius 3 is 1.70 bits per heavy atom. The summed E-state index contributed by atoms with van der Waals surface area (Å²) in [5.41, 5.74) is 0. The molecule has 3 aliphatic rings. The lowest BCUT2D eigenvalue weighted by molar-refractivity contribution is -0.183. The Morgan fingerprint density at radius 1 is 0.652 bits per heavy atom. The van der Waals surface area contributed by atoms with Crippen molar-refractivity contribution in [1.82, 2.24) is 0 Å². The van der Waals surface area contributed by atoms with Crippen molar-refractivity contribution in [2.45, 2.75) is 96.7 Å². The van der Waals surface area contributed by atoms with Crippen molar-refractivity contribution >= 4 is 0 Å².